The van der Waals surface area contributed by atoms with Crippen LogP contribution in [-0.2, 0) is 0 Å². The summed E-state index contributed by atoms with van der Waals surface area (Å²) in [6.45, 7) is 0. The van der Waals surface area contributed by atoms with Crippen LogP contribution in [-0.4, -0.2) is 25.6 Å². The second-order valence-corrected chi connectivity index (χ2v) is 9.28. The summed E-state index contributed by atoms with van der Waals surface area (Å²) in [5, 5.41) is 10.1. The van der Waals surface area contributed by atoms with E-state index in [1.54, 1.807) is 18.2 Å². The Kier molecular flexibility index (Phi) is 5.21. The van der Waals surface area contributed by atoms with Gasteiger partial charge in [0.15, 0.2) is 5.43 Å². The summed E-state index contributed by atoms with van der Waals surface area (Å²) in [6.07, 6.45) is 5.69. The van der Waals surface area contributed by atoms with Crippen molar-refractivity contribution in [1.29, 1.82) is 0 Å². The van der Waals surface area contributed by atoms with E-state index in [0.29, 0.717) is 16.9 Å². The molecule has 0 saturated heterocycles. The molecule has 0 spiro atoms. The molecule has 1 fully saturated rings. The second kappa shape index (κ2) is 8.55. The fourth-order valence-corrected chi connectivity index (χ4v) is 5.30. The van der Waals surface area contributed by atoms with Crippen LogP contribution in [0.15, 0.2) is 77.6 Å². The third-order valence-corrected chi connectivity index (χ3v) is 7.05. The lowest BCUT2D eigenvalue weighted by Gasteiger charge is -2.25. The second-order valence-electron chi connectivity index (χ2n) is 9.28. The third kappa shape index (κ3) is 3.81. The predicted molar refractivity (Wildman–Crippen MR) is 138 cm³/mol. The van der Waals surface area contributed by atoms with E-state index in [1.807, 2.05) is 54.6 Å². The van der Waals surface area contributed by atoms with Crippen LogP contribution < -0.4 is 5.43 Å². The van der Waals surface area contributed by atoms with E-state index in [2.05, 4.69) is 9.55 Å². The standard InChI is InChI=1S/C29H25N3O3/c33-27-17-24(18-7-3-1-4-8-18)30-23-13-11-19(15-22(23)27)28-31-25-16-20(29(34)35)12-14-26(25)32(28)21-9-5-2-6-10-21/h1,3-4,7-8,11-17,21H,2,5-6,9-10H2,(H,30,33)(H,34,35). The largest absolute Gasteiger partial charge is 0.478 e. The van der Waals surface area contributed by atoms with E-state index in [0.717, 1.165) is 59.4 Å². The van der Waals surface area contributed by atoms with Gasteiger partial charge in [-0.3, -0.25) is 4.79 Å². The SMILES string of the molecule is O=C(O)c1ccc2c(c1)nc(-c1ccc3[nH]c(-c4ccccc4)cc(=O)c3c1)n2C1CCCCC1. The molecule has 0 radical (unpaired) electrons. The van der Waals surface area contributed by atoms with Gasteiger partial charge in [0.25, 0.3) is 0 Å². The molecule has 3 aromatic carbocycles. The number of aromatic carboxylic acids is 1. The van der Waals surface area contributed by atoms with E-state index in [9.17, 15) is 14.7 Å². The van der Waals surface area contributed by atoms with Crippen LogP contribution in [0, 0.1) is 0 Å². The molecular weight excluding hydrogens is 438 g/mol. The lowest BCUT2D eigenvalue weighted by atomic mass is 9.94. The van der Waals surface area contributed by atoms with E-state index in [4.69, 9.17) is 4.98 Å². The summed E-state index contributed by atoms with van der Waals surface area (Å²) in [6, 6.07) is 22.7. The number of pyridine rings is 1. The molecule has 6 rings (SSSR count). The Bertz CT molecular complexity index is 1630. The minimum absolute atomic E-state index is 0.0482. The van der Waals surface area contributed by atoms with Crippen molar-refractivity contribution in [3.05, 3.63) is 88.6 Å². The Balaban J connectivity index is 1.52. The smallest absolute Gasteiger partial charge is 0.335 e. The van der Waals surface area contributed by atoms with Crippen LogP contribution in [0.2, 0.25) is 0 Å². The maximum Gasteiger partial charge on any atom is 0.335 e. The van der Waals surface area contributed by atoms with Crippen molar-refractivity contribution in [2.75, 3.05) is 0 Å². The molecule has 174 valence electrons. The van der Waals surface area contributed by atoms with Crippen LogP contribution >= 0.6 is 0 Å². The molecule has 0 bridgehead atoms. The molecule has 0 atom stereocenters. The summed E-state index contributed by atoms with van der Waals surface area (Å²) in [4.78, 5) is 33.0. The molecule has 0 amide bonds. The molecule has 0 aliphatic heterocycles. The molecule has 6 nitrogen and oxygen atoms in total. The molecule has 1 aliphatic carbocycles. The van der Waals surface area contributed by atoms with Gasteiger partial charge in [-0.15, -0.1) is 0 Å². The Hall–Kier alpha value is -4.19. The lowest BCUT2D eigenvalue weighted by Crippen LogP contribution is -2.14. The molecule has 2 aromatic heterocycles. The van der Waals surface area contributed by atoms with Gasteiger partial charge in [-0.2, -0.15) is 0 Å². The first-order valence-electron chi connectivity index (χ1n) is 12.1. The first kappa shape index (κ1) is 21.4. The highest BCUT2D eigenvalue weighted by molar-refractivity contribution is 5.94. The molecule has 2 heterocycles. The number of aromatic amines is 1. The van der Waals surface area contributed by atoms with Crippen molar-refractivity contribution in [2.45, 2.75) is 38.1 Å². The highest BCUT2D eigenvalue weighted by atomic mass is 16.4. The lowest BCUT2D eigenvalue weighted by molar-refractivity contribution is 0.0697. The third-order valence-electron chi connectivity index (χ3n) is 7.05. The first-order valence-corrected chi connectivity index (χ1v) is 12.1. The maximum absolute atomic E-state index is 13.1. The molecule has 5 aromatic rings. The molecule has 0 unspecified atom stereocenters. The van der Waals surface area contributed by atoms with E-state index < -0.39 is 5.97 Å². The number of hydrogen-bond donors (Lipinski definition) is 2. The predicted octanol–water partition coefficient (Wildman–Crippen LogP) is 6.42. The average molecular weight is 464 g/mol. The molecule has 6 heteroatoms. The van der Waals surface area contributed by atoms with Gasteiger partial charge < -0.3 is 14.7 Å². The molecule has 1 aliphatic rings. The van der Waals surface area contributed by atoms with E-state index in [-0.39, 0.29) is 11.0 Å². The average Bonchev–Trinajstić information content (AvgIpc) is 3.28. The molecule has 1 saturated carbocycles. The van der Waals surface area contributed by atoms with E-state index >= 15 is 0 Å². The number of rotatable bonds is 4. The minimum atomic E-state index is -0.966. The minimum Gasteiger partial charge on any atom is -0.478 e. The number of nitrogens with one attached hydrogen (secondary N) is 1. The molecule has 2 N–H and O–H groups in total. The number of fused-ring (bicyclic) bond motifs is 2. The Labute approximate surface area is 201 Å². The topological polar surface area (TPSA) is 88.0 Å². The monoisotopic (exact) mass is 463 g/mol. The van der Waals surface area contributed by atoms with Crippen LogP contribution in [0.4, 0.5) is 0 Å². The maximum atomic E-state index is 13.1. The number of carboxylic acids is 1. The Morgan fingerprint density at radius 2 is 1.71 bits per heavy atom. The number of nitrogens with zero attached hydrogens (tertiary/aromatic N) is 2. The summed E-state index contributed by atoms with van der Waals surface area (Å²) in [7, 11) is 0. The summed E-state index contributed by atoms with van der Waals surface area (Å²) in [5.41, 5.74) is 5.15. The van der Waals surface area contributed by atoms with Gasteiger partial charge in [0.2, 0.25) is 0 Å². The normalized spacial score (nSPS) is 14.5. The van der Waals surface area contributed by atoms with Gasteiger partial charge in [0, 0.05) is 34.3 Å². The van der Waals surface area contributed by atoms with Gasteiger partial charge in [-0.05, 0) is 54.8 Å². The van der Waals surface area contributed by atoms with Gasteiger partial charge in [0.1, 0.15) is 5.82 Å². The summed E-state index contributed by atoms with van der Waals surface area (Å²) in [5.74, 6) is -0.185. The van der Waals surface area contributed by atoms with Crippen molar-refractivity contribution in [3.63, 3.8) is 0 Å². The van der Waals surface area contributed by atoms with Crippen LogP contribution in [0.1, 0.15) is 48.5 Å². The van der Waals surface area contributed by atoms with Crippen LogP contribution in [0.5, 0.6) is 0 Å². The van der Waals surface area contributed by atoms with Crippen molar-refractivity contribution in [2.24, 2.45) is 0 Å². The fourth-order valence-electron chi connectivity index (χ4n) is 5.30. The van der Waals surface area contributed by atoms with Gasteiger partial charge in [-0.25, -0.2) is 9.78 Å². The number of H-pyrrole nitrogens is 1. The number of benzene rings is 3. The number of carbonyl (C=O) groups is 1. The van der Waals surface area contributed by atoms with Gasteiger partial charge in [-0.1, -0.05) is 49.6 Å². The van der Waals surface area contributed by atoms with Crippen LogP contribution in [0.3, 0.4) is 0 Å². The highest BCUT2D eigenvalue weighted by Crippen LogP contribution is 2.36. The molecular formula is C29H25N3O3. The van der Waals surface area contributed by atoms with Gasteiger partial charge >= 0.3 is 5.97 Å². The van der Waals surface area contributed by atoms with Gasteiger partial charge in [0.05, 0.1) is 16.6 Å². The van der Waals surface area contributed by atoms with Crippen molar-refractivity contribution in [1.82, 2.24) is 14.5 Å². The number of aromatic nitrogens is 3. The quantitative estimate of drug-likeness (QED) is 0.322. The zero-order valence-corrected chi connectivity index (χ0v) is 19.2. The molecule has 35 heavy (non-hydrogen) atoms. The first-order chi connectivity index (χ1) is 17.1. The summed E-state index contributed by atoms with van der Waals surface area (Å²) >= 11 is 0. The van der Waals surface area contributed by atoms with Crippen molar-refractivity contribution in [3.8, 4) is 22.6 Å². The number of carboxylic acid groups (broad SMARTS) is 1. The van der Waals surface area contributed by atoms with Crippen LogP contribution in [0.25, 0.3) is 44.6 Å². The Morgan fingerprint density at radius 1 is 0.914 bits per heavy atom. The van der Waals surface area contributed by atoms with E-state index in [1.165, 1.54) is 6.42 Å². The zero-order valence-electron chi connectivity index (χ0n) is 19.2. The Morgan fingerprint density at radius 3 is 2.49 bits per heavy atom. The van der Waals surface area contributed by atoms with Crippen molar-refractivity contribution >= 4 is 27.9 Å². The number of hydrogen-bond acceptors (Lipinski definition) is 3. The zero-order chi connectivity index (χ0) is 23.9. The highest BCUT2D eigenvalue weighted by Gasteiger charge is 2.23. The fraction of sp³-hybridized carbons (Fsp3) is 0.207. The summed E-state index contributed by atoms with van der Waals surface area (Å²) < 4.78 is 2.26. The number of imidazole rings is 1. The van der Waals surface area contributed by atoms with Crippen molar-refractivity contribution < 1.29 is 9.90 Å².